The number of alkyl halides is 3. The minimum absolute atomic E-state index is 0.0854. The molecule has 1 unspecified atom stereocenters. The average molecular weight is 467 g/mol. The van der Waals surface area contributed by atoms with Gasteiger partial charge >= 0.3 is 6.18 Å². The molecule has 0 N–H and O–H groups in total. The summed E-state index contributed by atoms with van der Waals surface area (Å²) in [5.74, 6) is 0.936. The van der Waals surface area contributed by atoms with Gasteiger partial charge < -0.3 is 9.47 Å². The Hall–Kier alpha value is -2.15. The number of halogens is 3. The van der Waals surface area contributed by atoms with Crippen LogP contribution in [0.25, 0.3) is 11.4 Å². The molecule has 0 saturated heterocycles. The third-order valence-electron chi connectivity index (χ3n) is 5.47. The lowest BCUT2D eigenvalue weighted by molar-refractivity contribution is -0.227. The number of hydrogen-bond donors (Lipinski definition) is 0. The molecule has 184 valence electrons. The van der Waals surface area contributed by atoms with E-state index in [1.807, 2.05) is 12.4 Å². The summed E-state index contributed by atoms with van der Waals surface area (Å²) in [6, 6.07) is 6.77. The number of aryl methyl sites for hydroxylation is 1. The molecule has 7 heteroatoms. The first-order valence-electron chi connectivity index (χ1n) is 12.2. The van der Waals surface area contributed by atoms with Gasteiger partial charge in [0, 0.05) is 24.6 Å². The van der Waals surface area contributed by atoms with E-state index < -0.39 is 18.9 Å². The van der Waals surface area contributed by atoms with Crippen molar-refractivity contribution in [3.8, 4) is 17.1 Å². The molecular formula is C26H37F3N2O2. The van der Waals surface area contributed by atoms with Crippen molar-refractivity contribution in [3.63, 3.8) is 0 Å². The molecule has 0 spiro atoms. The first-order chi connectivity index (χ1) is 15.9. The third-order valence-corrected chi connectivity index (χ3v) is 5.47. The predicted octanol–water partition coefficient (Wildman–Crippen LogP) is 7.56. The molecule has 0 aliphatic heterocycles. The van der Waals surface area contributed by atoms with E-state index in [1.54, 1.807) is 24.3 Å². The number of unbranched alkanes of at least 4 members (excludes halogenated alkanes) is 7. The molecule has 4 nitrogen and oxygen atoms in total. The zero-order valence-corrected chi connectivity index (χ0v) is 19.9. The molecular weight excluding hydrogens is 429 g/mol. The van der Waals surface area contributed by atoms with E-state index in [4.69, 9.17) is 9.47 Å². The van der Waals surface area contributed by atoms with Crippen molar-refractivity contribution in [1.82, 2.24) is 9.97 Å². The topological polar surface area (TPSA) is 44.2 Å². The summed E-state index contributed by atoms with van der Waals surface area (Å²) in [7, 11) is 0. The van der Waals surface area contributed by atoms with Gasteiger partial charge in [-0.2, -0.15) is 13.2 Å². The van der Waals surface area contributed by atoms with Crippen LogP contribution in [0.4, 0.5) is 13.2 Å². The molecule has 2 aromatic rings. The molecule has 1 heterocycles. The zero-order chi connectivity index (χ0) is 23.9. The van der Waals surface area contributed by atoms with Gasteiger partial charge in [-0.1, -0.05) is 58.8 Å². The first-order valence-corrected chi connectivity index (χ1v) is 12.2. The highest BCUT2D eigenvalue weighted by molar-refractivity contribution is 5.55. The van der Waals surface area contributed by atoms with Gasteiger partial charge in [0.05, 0.1) is 0 Å². The minimum atomic E-state index is -4.46. The van der Waals surface area contributed by atoms with Crippen molar-refractivity contribution in [2.45, 2.75) is 90.3 Å². The maximum atomic E-state index is 13.3. The summed E-state index contributed by atoms with van der Waals surface area (Å²) < 4.78 is 50.3. The van der Waals surface area contributed by atoms with Crippen molar-refractivity contribution in [1.29, 1.82) is 0 Å². The highest BCUT2D eigenvalue weighted by Crippen LogP contribution is 2.25. The Morgan fingerprint density at radius 2 is 1.42 bits per heavy atom. The fourth-order valence-electron chi connectivity index (χ4n) is 3.43. The van der Waals surface area contributed by atoms with Crippen molar-refractivity contribution in [3.05, 3.63) is 42.2 Å². The molecule has 1 atom stereocenters. The number of nitrogens with zero attached hydrogens (tertiary/aromatic N) is 2. The van der Waals surface area contributed by atoms with E-state index in [0.717, 1.165) is 49.7 Å². The largest absolute Gasteiger partial charge is 0.491 e. The van der Waals surface area contributed by atoms with Gasteiger partial charge in [0.15, 0.2) is 11.9 Å². The molecule has 1 aromatic heterocycles. The van der Waals surface area contributed by atoms with Crippen LogP contribution in [-0.4, -0.2) is 35.5 Å². The number of hydrogen-bond acceptors (Lipinski definition) is 4. The van der Waals surface area contributed by atoms with Crippen molar-refractivity contribution in [2.24, 2.45) is 0 Å². The molecule has 0 fully saturated rings. The number of ether oxygens (including phenoxy) is 2. The monoisotopic (exact) mass is 466 g/mol. The quantitative estimate of drug-likeness (QED) is 0.239. The highest BCUT2D eigenvalue weighted by atomic mass is 19.4. The van der Waals surface area contributed by atoms with Crippen LogP contribution >= 0.6 is 0 Å². The lowest BCUT2D eigenvalue weighted by Gasteiger charge is -2.21. The van der Waals surface area contributed by atoms with Gasteiger partial charge in [-0.3, -0.25) is 0 Å². The summed E-state index contributed by atoms with van der Waals surface area (Å²) in [6.07, 6.45) is 7.74. The summed E-state index contributed by atoms with van der Waals surface area (Å²) in [4.78, 5) is 8.85. The zero-order valence-electron chi connectivity index (χ0n) is 19.9. The van der Waals surface area contributed by atoms with Crippen molar-refractivity contribution in [2.75, 3.05) is 13.2 Å². The smallest absolute Gasteiger partial charge is 0.417 e. The Bertz CT molecular complexity index is 765. The molecule has 2 rings (SSSR count). The fraction of sp³-hybridized carbons (Fsp3) is 0.615. The van der Waals surface area contributed by atoms with Gasteiger partial charge in [-0.05, 0) is 49.1 Å². The Morgan fingerprint density at radius 3 is 2.03 bits per heavy atom. The molecule has 33 heavy (non-hydrogen) atoms. The lowest BCUT2D eigenvalue weighted by Crippen LogP contribution is -2.37. The second-order valence-electron chi connectivity index (χ2n) is 8.38. The van der Waals surface area contributed by atoms with E-state index in [2.05, 4.69) is 23.8 Å². The predicted molar refractivity (Wildman–Crippen MR) is 125 cm³/mol. The van der Waals surface area contributed by atoms with Crippen LogP contribution in [0.15, 0.2) is 36.7 Å². The summed E-state index contributed by atoms with van der Waals surface area (Å²) in [5, 5.41) is 0. The van der Waals surface area contributed by atoms with Crippen LogP contribution in [0, 0.1) is 0 Å². The molecule has 0 aliphatic carbocycles. The van der Waals surface area contributed by atoms with Crippen LogP contribution < -0.4 is 4.74 Å². The first kappa shape index (κ1) is 27.1. The maximum Gasteiger partial charge on any atom is 0.417 e. The molecule has 1 aromatic carbocycles. The average Bonchev–Trinajstić information content (AvgIpc) is 2.81. The Balaban J connectivity index is 1.83. The summed E-state index contributed by atoms with van der Waals surface area (Å²) >= 11 is 0. The van der Waals surface area contributed by atoms with E-state index in [-0.39, 0.29) is 6.61 Å². The third kappa shape index (κ3) is 10.5. The summed E-state index contributed by atoms with van der Waals surface area (Å²) in [5.41, 5.74) is 1.90. The van der Waals surface area contributed by atoms with Gasteiger partial charge in [0.1, 0.15) is 12.4 Å². The minimum Gasteiger partial charge on any atom is -0.491 e. The van der Waals surface area contributed by atoms with Crippen molar-refractivity contribution < 1.29 is 22.6 Å². The number of rotatable bonds is 16. The van der Waals surface area contributed by atoms with Gasteiger partial charge in [-0.15, -0.1) is 0 Å². The Labute approximate surface area is 195 Å². The van der Waals surface area contributed by atoms with Gasteiger partial charge in [0.2, 0.25) is 0 Å². The second-order valence-corrected chi connectivity index (χ2v) is 8.38. The number of aromatic nitrogens is 2. The van der Waals surface area contributed by atoms with Crippen LogP contribution in [-0.2, 0) is 11.2 Å². The van der Waals surface area contributed by atoms with Crippen LogP contribution in [0.1, 0.15) is 77.2 Å². The Kier molecular flexibility index (Phi) is 12.2. The highest BCUT2D eigenvalue weighted by Gasteiger charge is 2.41. The van der Waals surface area contributed by atoms with E-state index in [0.29, 0.717) is 18.0 Å². The van der Waals surface area contributed by atoms with E-state index in [1.165, 1.54) is 19.3 Å². The lowest BCUT2D eigenvalue weighted by atomic mass is 10.1. The molecule has 0 radical (unpaired) electrons. The Morgan fingerprint density at radius 1 is 0.818 bits per heavy atom. The fourth-order valence-corrected chi connectivity index (χ4v) is 3.43. The van der Waals surface area contributed by atoms with Gasteiger partial charge in [0.25, 0.3) is 0 Å². The van der Waals surface area contributed by atoms with E-state index >= 15 is 0 Å². The van der Waals surface area contributed by atoms with Crippen molar-refractivity contribution >= 4 is 0 Å². The second kappa shape index (κ2) is 14.9. The molecule has 0 bridgehead atoms. The molecule has 0 aliphatic rings. The van der Waals surface area contributed by atoms with Gasteiger partial charge in [-0.25, -0.2) is 9.97 Å². The molecule has 0 amide bonds. The van der Waals surface area contributed by atoms with Crippen LogP contribution in [0.3, 0.4) is 0 Å². The van der Waals surface area contributed by atoms with Crippen LogP contribution in [0.5, 0.6) is 5.75 Å². The standard InChI is InChI=1S/C26H37F3N2O2/c1-3-5-7-9-11-17-32-24(26(27,28)29)20-33-23-15-13-22(14-16-23)25-30-18-21(19-31-25)12-10-8-6-4-2/h13-16,18-19,24H,3-12,17,20H2,1-2H3. The number of benzene rings is 1. The van der Waals surface area contributed by atoms with Crippen LogP contribution in [0.2, 0.25) is 0 Å². The molecule has 0 saturated carbocycles. The van der Waals surface area contributed by atoms with E-state index in [9.17, 15) is 13.2 Å². The normalized spacial score (nSPS) is 12.6. The summed E-state index contributed by atoms with van der Waals surface area (Å²) in [6.45, 7) is 3.80. The maximum absolute atomic E-state index is 13.3. The SMILES string of the molecule is CCCCCCCOC(COc1ccc(-c2ncc(CCCCCC)cn2)cc1)C(F)(F)F.